The van der Waals surface area contributed by atoms with E-state index in [1.54, 1.807) is 6.08 Å². The van der Waals surface area contributed by atoms with Crippen LogP contribution in [0.25, 0.3) is 0 Å². The third-order valence-electron chi connectivity index (χ3n) is 13.4. The largest absolute Gasteiger partial charge is 0.472 e. The lowest BCUT2D eigenvalue weighted by Crippen LogP contribution is -2.45. The molecule has 0 aromatic heterocycles. The van der Waals surface area contributed by atoms with Gasteiger partial charge in [-0.2, -0.15) is 0 Å². The Balaban J connectivity index is 3.86. The fourth-order valence-corrected chi connectivity index (χ4v) is 9.54. The predicted molar refractivity (Wildman–Crippen MR) is 291 cm³/mol. The van der Waals surface area contributed by atoms with E-state index in [2.05, 4.69) is 31.3 Å². The van der Waals surface area contributed by atoms with Crippen LogP contribution in [0.4, 0.5) is 0 Å². The van der Waals surface area contributed by atoms with E-state index in [9.17, 15) is 19.4 Å². The summed E-state index contributed by atoms with van der Waals surface area (Å²) in [5.41, 5.74) is 0. The molecule has 0 aromatic rings. The first-order chi connectivity index (χ1) is 32.5. The SMILES string of the molecule is CCCCCCCCCC/C=C\CCCCCCCCCCCCCCCCCCCCCCCCCC(=O)NC(COP(=O)(O)OCC[N+](C)(C)C)C(O)/C=C/CCCCCCCCCC. The van der Waals surface area contributed by atoms with Crippen molar-refractivity contribution in [2.24, 2.45) is 0 Å². The van der Waals surface area contributed by atoms with Crippen molar-refractivity contribution in [1.29, 1.82) is 0 Å². The van der Waals surface area contributed by atoms with Crippen LogP contribution < -0.4 is 5.32 Å². The van der Waals surface area contributed by atoms with Gasteiger partial charge in [0.05, 0.1) is 39.9 Å². The Morgan fingerprint density at radius 1 is 0.493 bits per heavy atom. The number of aliphatic hydroxyl groups is 1. The van der Waals surface area contributed by atoms with Gasteiger partial charge in [0, 0.05) is 6.42 Å². The Morgan fingerprint density at radius 3 is 1.15 bits per heavy atom. The van der Waals surface area contributed by atoms with Crippen molar-refractivity contribution in [2.45, 2.75) is 302 Å². The van der Waals surface area contributed by atoms with Crippen LogP contribution in [-0.4, -0.2) is 73.4 Å². The predicted octanol–water partition coefficient (Wildman–Crippen LogP) is 17.6. The highest BCUT2D eigenvalue weighted by Gasteiger charge is 2.27. The second-order valence-corrected chi connectivity index (χ2v) is 22.8. The number of carbonyl (C=O) groups excluding carboxylic acids is 1. The molecule has 0 fully saturated rings. The molecule has 0 radical (unpaired) electrons. The van der Waals surface area contributed by atoms with Gasteiger partial charge in [-0.15, -0.1) is 0 Å². The molecule has 9 heteroatoms. The molecule has 398 valence electrons. The molecule has 0 spiro atoms. The Bertz CT molecular complexity index is 1140. The summed E-state index contributed by atoms with van der Waals surface area (Å²) < 4.78 is 23.6. The molecular formula is C58H116N2O6P+. The highest BCUT2D eigenvalue weighted by molar-refractivity contribution is 7.47. The second-order valence-electron chi connectivity index (χ2n) is 21.4. The van der Waals surface area contributed by atoms with Gasteiger partial charge in [0.2, 0.25) is 5.91 Å². The maximum atomic E-state index is 12.9. The molecule has 3 N–H and O–H groups in total. The minimum absolute atomic E-state index is 0.0638. The standard InChI is InChI=1S/C58H115N2O6P/c1-6-8-10-12-14-16-18-19-20-21-22-23-24-25-26-27-28-29-30-31-32-33-34-35-36-37-38-39-40-41-42-44-46-48-50-52-58(62)59-56(55-66-67(63,64)65-54-53-60(3,4)5)57(61)51-49-47-45-43-17-15-13-11-9-7-2/h21-22,49,51,56-57,61H,6-20,23-48,50,52-55H2,1-5H3,(H-,59,62,63,64)/p+1/b22-21-,51-49+. The Morgan fingerprint density at radius 2 is 0.806 bits per heavy atom. The van der Waals surface area contributed by atoms with E-state index < -0.39 is 20.0 Å². The zero-order valence-electron chi connectivity index (χ0n) is 45.4. The number of likely N-dealkylation sites (N-methyl/N-ethyl adjacent to an activating group) is 1. The minimum Gasteiger partial charge on any atom is -0.387 e. The summed E-state index contributed by atoms with van der Waals surface area (Å²) in [6.07, 6.45) is 63.1. The molecule has 0 heterocycles. The Hall–Kier alpha value is -1.02. The van der Waals surface area contributed by atoms with Crippen molar-refractivity contribution < 1.29 is 32.9 Å². The van der Waals surface area contributed by atoms with Crippen LogP contribution in [-0.2, 0) is 18.4 Å². The summed E-state index contributed by atoms with van der Waals surface area (Å²) in [6.45, 7) is 4.82. The lowest BCUT2D eigenvalue weighted by molar-refractivity contribution is -0.870. The summed E-state index contributed by atoms with van der Waals surface area (Å²) in [4.78, 5) is 23.2. The number of quaternary nitrogens is 1. The molecule has 0 aromatic carbocycles. The number of hydrogen-bond donors (Lipinski definition) is 3. The second kappa shape index (κ2) is 49.9. The number of unbranched alkanes of at least 4 members (excludes halogenated alkanes) is 39. The third kappa shape index (κ3) is 52.6. The molecule has 0 rings (SSSR count). The number of aliphatic hydroxyl groups excluding tert-OH is 1. The third-order valence-corrected chi connectivity index (χ3v) is 14.4. The summed E-state index contributed by atoms with van der Waals surface area (Å²) in [7, 11) is 1.58. The van der Waals surface area contributed by atoms with Gasteiger partial charge in [-0.05, 0) is 44.9 Å². The molecule has 0 aliphatic carbocycles. The van der Waals surface area contributed by atoms with E-state index in [1.165, 1.54) is 231 Å². The summed E-state index contributed by atoms with van der Waals surface area (Å²) in [5.74, 6) is -0.174. The van der Waals surface area contributed by atoms with Gasteiger partial charge >= 0.3 is 7.82 Å². The molecule has 0 aliphatic rings. The van der Waals surface area contributed by atoms with Crippen LogP contribution in [0.3, 0.4) is 0 Å². The van der Waals surface area contributed by atoms with E-state index in [-0.39, 0.29) is 19.1 Å². The van der Waals surface area contributed by atoms with E-state index in [1.807, 2.05) is 27.2 Å². The molecule has 3 unspecified atom stereocenters. The quantitative estimate of drug-likeness (QED) is 0.0243. The van der Waals surface area contributed by atoms with Crippen LogP contribution in [0.5, 0.6) is 0 Å². The first-order valence-electron chi connectivity index (χ1n) is 29.2. The highest BCUT2D eigenvalue weighted by Crippen LogP contribution is 2.43. The van der Waals surface area contributed by atoms with Crippen LogP contribution in [0, 0.1) is 0 Å². The monoisotopic (exact) mass is 968 g/mol. The van der Waals surface area contributed by atoms with Gasteiger partial charge < -0.3 is 19.8 Å². The van der Waals surface area contributed by atoms with Crippen LogP contribution in [0.2, 0.25) is 0 Å². The molecule has 3 atom stereocenters. The average molecular weight is 969 g/mol. The van der Waals surface area contributed by atoms with Crippen molar-refractivity contribution in [3.63, 3.8) is 0 Å². The zero-order valence-corrected chi connectivity index (χ0v) is 46.3. The van der Waals surface area contributed by atoms with Crippen molar-refractivity contribution in [3.05, 3.63) is 24.3 Å². The number of hydrogen-bond acceptors (Lipinski definition) is 5. The fraction of sp³-hybridized carbons (Fsp3) is 0.914. The first kappa shape index (κ1) is 66.0. The van der Waals surface area contributed by atoms with Crippen LogP contribution >= 0.6 is 7.82 Å². The molecule has 8 nitrogen and oxygen atoms in total. The van der Waals surface area contributed by atoms with E-state index >= 15 is 0 Å². The van der Waals surface area contributed by atoms with Gasteiger partial charge in [-0.1, -0.05) is 263 Å². The summed E-state index contributed by atoms with van der Waals surface area (Å²) in [6, 6.07) is -0.841. The van der Waals surface area contributed by atoms with Crippen molar-refractivity contribution in [1.82, 2.24) is 5.32 Å². The van der Waals surface area contributed by atoms with E-state index in [0.717, 1.165) is 38.5 Å². The number of nitrogens with one attached hydrogen (secondary N) is 1. The fourth-order valence-electron chi connectivity index (χ4n) is 8.80. The van der Waals surface area contributed by atoms with Crippen LogP contribution in [0.15, 0.2) is 24.3 Å². The van der Waals surface area contributed by atoms with Gasteiger partial charge in [0.1, 0.15) is 13.2 Å². The molecule has 1 amide bonds. The highest BCUT2D eigenvalue weighted by atomic mass is 31.2. The van der Waals surface area contributed by atoms with Crippen molar-refractivity contribution in [3.8, 4) is 0 Å². The topological polar surface area (TPSA) is 105 Å². The minimum atomic E-state index is -4.33. The zero-order chi connectivity index (χ0) is 49.2. The van der Waals surface area contributed by atoms with Gasteiger partial charge in [-0.3, -0.25) is 13.8 Å². The van der Waals surface area contributed by atoms with Gasteiger partial charge in [0.15, 0.2) is 0 Å². The number of nitrogens with zero attached hydrogens (tertiary/aromatic N) is 1. The number of allylic oxidation sites excluding steroid dienone is 3. The smallest absolute Gasteiger partial charge is 0.387 e. The number of phosphoric acid groups is 1. The molecule has 0 saturated heterocycles. The lowest BCUT2D eigenvalue weighted by atomic mass is 10.0. The first-order valence-corrected chi connectivity index (χ1v) is 30.7. The number of phosphoric ester groups is 1. The van der Waals surface area contributed by atoms with Crippen molar-refractivity contribution in [2.75, 3.05) is 40.9 Å². The van der Waals surface area contributed by atoms with Gasteiger partial charge in [0.25, 0.3) is 0 Å². The van der Waals surface area contributed by atoms with Crippen molar-refractivity contribution >= 4 is 13.7 Å². The molecule has 0 bridgehead atoms. The molecule has 67 heavy (non-hydrogen) atoms. The van der Waals surface area contributed by atoms with Gasteiger partial charge in [-0.25, -0.2) is 4.57 Å². The molecule has 0 saturated carbocycles. The number of rotatable bonds is 54. The Labute approximate surface area is 417 Å². The van der Waals surface area contributed by atoms with E-state index in [4.69, 9.17) is 9.05 Å². The average Bonchev–Trinajstić information content (AvgIpc) is 3.29. The molecular weight excluding hydrogens is 852 g/mol. The van der Waals surface area contributed by atoms with E-state index in [0.29, 0.717) is 17.4 Å². The summed E-state index contributed by atoms with van der Waals surface area (Å²) in [5, 5.41) is 13.8. The maximum Gasteiger partial charge on any atom is 0.472 e. The number of carbonyl (C=O) groups is 1. The number of amides is 1. The Kier molecular flexibility index (Phi) is 49.2. The lowest BCUT2D eigenvalue weighted by Gasteiger charge is -2.25. The maximum absolute atomic E-state index is 12.9. The van der Waals surface area contributed by atoms with Crippen LogP contribution in [0.1, 0.15) is 290 Å². The normalized spacial score (nSPS) is 14.1. The summed E-state index contributed by atoms with van der Waals surface area (Å²) >= 11 is 0. The molecule has 0 aliphatic heterocycles.